The van der Waals surface area contributed by atoms with E-state index in [4.69, 9.17) is 0 Å². The molecule has 0 saturated carbocycles. The van der Waals surface area contributed by atoms with Crippen molar-refractivity contribution in [2.45, 2.75) is 13.0 Å². The van der Waals surface area contributed by atoms with E-state index < -0.39 is 0 Å². The summed E-state index contributed by atoms with van der Waals surface area (Å²) < 4.78 is 13.9. The smallest absolute Gasteiger partial charge is 0.126 e. The van der Waals surface area contributed by atoms with Gasteiger partial charge in [-0.2, -0.15) is 0 Å². The number of hydrogen-bond acceptors (Lipinski definition) is 2. The zero-order valence-corrected chi connectivity index (χ0v) is 13.8. The summed E-state index contributed by atoms with van der Waals surface area (Å²) in [6.45, 7) is 2.04. The van der Waals surface area contributed by atoms with Gasteiger partial charge < -0.3 is 10.3 Å². The molecule has 0 bridgehead atoms. The highest BCUT2D eigenvalue weighted by atomic mass is 19.1. The molecule has 0 saturated heterocycles. The zero-order valence-electron chi connectivity index (χ0n) is 13.8. The minimum atomic E-state index is -0.247. The van der Waals surface area contributed by atoms with E-state index in [1.54, 1.807) is 18.3 Å². The Kier molecular flexibility index (Phi) is 3.94. The second kappa shape index (κ2) is 6.40. The average molecular weight is 331 g/mol. The fraction of sp³-hybridized carbons (Fsp3) is 0.0952. The number of rotatable bonds is 4. The Labute approximate surface area is 145 Å². The molecule has 2 aromatic carbocycles. The van der Waals surface area contributed by atoms with Gasteiger partial charge in [-0.25, -0.2) is 9.37 Å². The minimum Gasteiger partial charge on any atom is -0.359 e. The number of aromatic amines is 1. The van der Waals surface area contributed by atoms with Crippen LogP contribution < -0.4 is 5.32 Å². The molecule has 0 spiro atoms. The molecule has 4 aromatic rings. The largest absolute Gasteiger partial charge is 0.359 e. The van der Waals surface area contributed by atoms with Crippen LogP contribution in [-0.4, -0.2) is 9.97 Å². The lowest BCUT2D eigenvalue weighted by atomic mass is 9.96. The molecule has 124 valence electrons. The van der Waals surface area contributed by atoms with Gasteiger partial charge >= 0.3 is 0 Å². The van der Waals surface area contributed by atoms with E-state index in [-0.39, 0.29) is 11.9 Å². The van der Waals surface area contributed by atoms with Gasteiger partial charge in [0.1, 0.15) is 11.6 Å². The van der Waals surface area contributed by atoms with Gasteiger partial charge in [-0.15, -0.1) is 0 Å². The fourth-order valence-electron chi connectivity index (χ4n) is 3.27. The third-order valence-electron chi connectivity index (χ3n) is 4.37. The number of para-hydroxylation sites is 1. The molecule has 0 unspecified atom stereocenters. The Hall–Kier alpha value is -3.14. The van der Waals surface area contributed by atoms with Gasteiger partial charge in [0, 0.05) is 28.4 Å². The lowest BCUT2D eigenvalue weighted by Crippen LogP contribution is -2.14. The van der Waals surface area contributed by atoms with Crippen LogP contribution in [0, 0.1) is 12.7 Å². The second-order valence-corrected chi connectivity index (χ2v) is 6.06. The molecule has 1 atom stereocenters. The van der Waals surface area contributed by atoms with Crippen molar-refractivity contribution in [2.24, 2.45) is 0 Å². The Bertz CT molecular complexity index is 1010. The van der Waals surface area contributed by atoms with Crippen molar-refractivity contribution in [1.82, 2.24) is 9.97 Å². The molecule has 2 aromatic heterocycles. The summed E-state index contributed by atoms with van der Waals surface area (Å²) in [5.41, 5.74) is 4.09. The highest BCUT2D eigenvalue weighted by molar-refractivity contribution is 5.86. The molecule has 0 aliphatic carbocycles. The van der Waals surface area contributed by atoms with E-state index in [2.05, 4.69) is 27.4 Å². The van der Waals surface area contributed by atoms with Crippen LogP contribution in [0.1, 0.15) is 22.9 Å². The van der Waals surface area contributed by atoms with Crippen LogP contribution in [-0.2, 0) is 0 Å². The van der Waals surface area contributed by atoms with E-state index in [9.17, 15) is 4.39 Å². The molecule has 2 heterocycles. The van der Waals surface area contributed by atoms with Crippen molar-refractivity contribution < 1.29 is 4.39 Å². The lowest BCUT2D eigenvalue weighted by molar-refractivity contribution is 0.624. The minimum absolute atomic E-state index is 0.207. The molecule has 0 amide bonds. The van der Waals surface area contributed by atoms with Gasteiger partial charge in [-0.05, 0) is 42.8 Å². The van der Waals surface area contributed by atoms with Crippen LogP contribution in [0.4, 0.5) is 10.2 Å². The van der Waals surface area contributed by atoms with Crippen molar-refractivity contribution in [3.8, 4) is 0 Å². The first-order valence-corrected chi connectivity index (χ1v) is 8.22. The number of aryl methyl sites for hydroxylation is 1. The van der Waals surface area contributed by atoms with Gasteiger partial charge in [-0.3, -0.25) is 0 Å². The number of halogens is 1. The summed E-state index contributed by atoms with van der Waals surface area (Å²) in [5, 5.41) is 4.58. The van der Waals surface area contributed by atoms with Crippen molar-refractivity contribution in [3.05, 3.63) is 95.6 Å². The van der Waals surface area contributed by atoms with Crippen molar-refractivity contribution >= 4 is 16.7 Å². The predicted molar refractivity (Wildman–Crippen MR) is 99.1 cm³/mol. The molecule has 4 heteroatoms. The highest BCUT2D eigenvalue weighted by Crippen LogP contribution is 2.34. The third kappa shape index (κ3) is 2.98. The molecule has 3 nitrogen and oxygen atoms in total. The maximum atomic E-state index is 13.9. The van der Waals surface area contributed by atoms with Crippen molar-refractivity contribution in [1.29, 1.82) is 0 Å². The van der Waals surface area contributed by atoms with Crippen molar-refractivity contribution in [2.75, 3.05) is 5.32 Å². The molecule has 0 fully saturated rings. The Morgan fingerprint density at radius 1 is 1.00 bits per heavy atom. The van der Waals surface area contributed by atoms with E-state index in [0.717, 1.165) is 33.5 Å². The number of aromatic nitrogens is 2. The average Bonchev–Trinajstić information content (AvgIpc) is 2.96. The van der Waals surface area contributed by atoms with E-state index in [1.807, 2.05) is 43.3 Å². The zero-order chi connectivity index (χ0) is 17.2. The monoisotopic (exact) mass is 331 g/mol. The molecule has 2 N–H and O–H groups in total. The maximum Gasteiger partial charge on any atom is 0.126 e. The lowest BCUT2D eigenvalue weighted by Gasteiger charge is -2.21. The first kappa shape index (κ1) is 15.4. The molecular formula is C21H18FN3. The Morgan fingerprint density at radius 2 is 1.84 bits per heavy atom. The molecule has 4 rings (SSSR count). The van der Waals surface area contributed by atoms with Gasteiger partial charge in [0.05, 0.1) is 6.04 Å². The number of hydrogen-bond donors (Lipinski definition) is 2. The van der Waals surface area contributed by atoms with Crippen LogP contribution in [0.25, 0.3) is 10.9 Å². The normalized spacial score (nSPS) is 12.2. The molecule has 0 aliphatic rings. The second-order valence-electron chi connectivity index (χ2n) is 6.06. The number of nitrogens with one attached hydrogen (secondary N) is 2. The number of benzene rings is 2. The predicted octanol–water partition coefficient (Wildman–Crippen LogP) is 5.21. The topological polar surface area (TPSA) is 40.7 Å². The van der Waals surface area contributed by atoms with Crippen LogP contribution in [0.3, 0.4) is 0 Å². The summed E-state index contributed by atoms with van der Waals surface area (Å²) in [6, 6.07) is 20.4. The van der Waals surface area contributed by atoms with Crippen LogP contribution >= 0.6 is 0 Å². The van der Waals surface area contributed by atoms with Crippen LogP contribution in [0.15, 0.2) is 72.9 Å². The first-order valence-electron chi connectivity index (χ1n) is 8.22. The Balaban J connectivity index is 1.89. The van der Waals surface area contributed by atoms with Gasteiger partial charge in [-0.1, -0.05) is 36.4 Å². The number of pyridine rings is 1. The molecular weight excluding hydrogens is 313 g/mol. The number of nitrogens with zero attached hydrogens (tertiary/aromatic N) is 1. The summed E-state index contributed by atoms with van der Waals surface area (Å²) >= 11 is 0. The quantitative estimate of drug-likeness (QED) is 0.539. The summed E-state index contributed by atoms with van der Waals surface area (Å²) in [7, 11) is 0. The molecule has 25 heavy (non-hydrogen) atoms. The summed E-state index contributed by atoms with van der Waals surface area (Å²) in [6.07, 6.45) is 1.74. The van der Waals surface area contributed by atoms with E-state index in [1.165, 1.54) is 6.07 Å². The maximum absolute atomic E-state index is 13.9. The van der Waals surface area contributed by atoms with Gasteiger partial charge in [0.2, 0.25) is 0 Å². The fourth-order valence-corrected chi connectivity index (χ4v) is 3.27. The summed E-state index contributed by atoms with van der Waals surface area (Å²) in [5.74, 6) is 0.504. The number of fused-ring (bicyclic) bond motifs is 1. The van der Waals surface area contributed by atoms with Crippen LogP contribution in [0.5, 0.6) is 0 Å². The summed E-state index contributed by atoms with van der Waals surface area (Å²) in [4.78, 5) is 7.79. The first-order chi connectivity index (χ1) is 12.2. The van der Waals surface area contributed by atoms with Gasteiger partial charge in [0.25, 0.3) is 0 Å². The highest BCUT2D eigenvalue weighted by Gasteiger charge is 2.21. The number of H-pyrrole nitrogens is 1. The third-order valence-corrected chi connectivity index (χ3v) is 4.37. The van der Waals surface area contributed by atoms with Gasteiger partial charge in [0.15, 0.2) is 0 Å². The Morgan fingerprint density at radius 3 is 2.64 bits per heavy atom. The molecule has 0 radical (unpaired) electrons. The van der Waals surface area contributed by atoms with E-state index in [0.29, 0.717) is 0 Å². The SMILES string of the molecule is Cc1[nH]c2ccccc2c1[C@@H](Nc1ccccn1)c1cccc(F)c1. The number of anilines is 1. The van der Waals surface area contributed by atoms with E-state index >= 15 is 0 Å². The van der Waals surface area contributed by atoms with Crippen LogP contribution in [0.2, 0.25) is 0 Å². The standard InChI is InChI=1S/C21H18FN3/c1-14-20(17-9-2-3-10-18(17)24-14)21(15-7-6-8-16(22)13-15)25-19-11-4-5-12-23-19/h2-13,21,24H,1H3,(H,23,25)/t21-/m0/s1. The van der Waals surface area contributed by atoms with Crippen molar-refractivity contribution in [3.63, 3.8) is 0 Å². The molecule has 0 aliphatic heterocycles.